The van der Waals surface area contributed by atoms with E-state index in [0.717, 1.165) is 6.42 Å². The van der Waals surface area contributed by atoms with Gasteiger partial charge >= 0.3 is 0 Å². The molecule has 0 aliphatic rings. The third-order valence-electron chi connectivity index (χ3n) is 2.98. The Balaban J connectivity index is 4.83. The lowest BCUT2D eigenvalue weighted by Gasteiger charge is -2.40. The Labute approximate surface area is 116 Å². The summed E-state index contributed by atoms with van der Waals surface area (Å²) in [6.07, 6.45) is -0.196. The lowest BCUT2D eigenvalue weighted by Crippen LogP contribution is -2.53. The minimum Gasteiger partial charge on any atom is -0.395 e. The molecule has 19 heavy (non-hydrogen) atoms. The molecule has 3 atom stereocenters. The van der Waals surface area contributed by atoms with E-state index < -0.39 is 12.2 Å². The largest absolute Gasteiger partial charge is 0.395 e. The Morgan fingerprint density at radius 2 is 1.26 bits per heavy atom. The number of rotatable bonds is 11. The zero-order valence-corrected chi connectivity index (χ0v) is 12.4. The number of aliphatic hydroxyl groups excluding tert-OH is 4. The third-order valence-corrected chi connectivity index (χ3v) is 2.98. The predicted molar refractivity (Wildman–Crippen MR) is 74.8 cm³/mol. The van der Waals surface area contributed by atoms with Gasteiger partial charge in [-0.05, 0) is 20.3 Å². The molecule has 0 rings (SSSR count). The standard InChI is InChI=1S/C13H30N2O4/c1-4-13(14(5-7-16)6-8-17)15(9-11(2)18)10-12(3)19/h11-13,16-19H,4-10H2,1-3H3. The molecule has 4 N–H and O–H groups in total. The number of nitrogens with zero attached hydrogens (tertiary/aromatic N) is 2. The molecule has 0 aromatic heterocycles. The van der Waals surface area contributed by atoms with Crippen LogP contribution in [0.5, 0.6) is 0 Å². The van der Waals surface area contributed by atoms with Gasteiger partial charge in [0.15, 0.2) is 0 Å². The van der Waals surface area contributed by atoms with Crippen LogP contribution in [0.2, 0.25) is 0 Å². The normalized spacial score (nSPS) is 16.9. The zero-order chi connectivity index (χ0) is 14.8. The number of aliphatic hydroxyl groups is 4. The Kier molecular flexibility index (Phi) is 10.4. The van der Waals surface area contributed by atoms with Gasteiger partial charge < -0.3 is 20.4 Å². The van der Waals surface area contributed by atoms with Gasteiger partial charge in [0, 0.05) is 26.2 Å². The second kappa shape index (κ2) is 10.5. The summed E-state index contributed by atoms with van der Waals surface area (Å²) in [7, 11) is 0. The second-order valence-corrected chi connectivity index (χ2v) is 5.02. The van der Waals surface area contributed by atoms with Crippen molar-refractivity contribution in [2.45, 2.75) is 45.6 Å². The van der Waals surface area contributed by atoms with Crippen LogP contribution in [0.15, 0.2) is 0 Å². The second-order valence-electron chi connectivity index (χ2n) is 5.02. The first kappa shape index (κ1) is 18.8. The van der Waals surface area contributed by atoms with E-state index in [1.165, 1.54) is 0 Å². The van der Waals surface area contributed by atoms with Gasteiger partial charge in [-0.3, -0.25) is 9.80 Å². The smallest absolute Gasteiger partial charge is 0.0639 e. The van der Waals surface area contributed by atoms with E-state index in [9.17, 15) is 10.2 Å². The summed E-state index contributed by atoms with van der Waals surface area (Å²) < 4.78 is 0. The Hall–Kier alpha value is -0.240. The summed E-state index contributed by atoms with van der Waals surface area (Å²) in [6.45, 7) is 7.33. The van der Waals surface area contributed by atoms with Gasteiger partial charge in [0.1, 0.15) is 0 Å². The zero-order valence-electron chi connectivity index (χ0n) is 12.4. The number of hydrogen-bond acceptors (Lipinski definition) is 6. The molecule has 0 amide bonds. The first-order valence-electron chi connectivity index (χ1n) is 7.02. The summed E-state index contributed by atoms with van der Waals surface area (Å²) in [5.74, 6) is 0. The van der Waals surface area contributed by atoms with Crippen LogP contribution in [-0.4, -0.2) is 88.0 Å². The highest BCUT2D eigenvalue weighted by Gasteiger charge is 2.25. The highest BCUT2D eigenvalue weighted by Crippen LogP contribution is 2.12. The first-order chi connectivity index (χ1) is 8.96. The molecule has 0 aromatic rings. The molecule has 0 aliphatic heterocycles. The molecule has 0 saturated carbocycles. The van der Waals surface area contributed by atoms with Crippen molar-refractivity contribution < 1.29 is 20.4 Å². The first-order valence-corrected chi connectivity index (χ1v) is 7.02. The maximum atomic E-state index is 9.58. The molecule has 0 fully saturated rings. The molecule has 0 radical (unpaired) electrons. The van der Waals surface area contributed by atoms with Crippen molar-refractivity contribution in [3.05, 3.63) is 0 Å². The topological polar surface area (TPSA) is 87.4 Å². The van der Waals surface area contributed by atoms with E-state index in [2.05, 4.69) is 0 Å². The maximum Gasteiger partial charge on any atom is 0.0639 e. The van der Waals surface area contributed by atoms with E-state index in [0.29, 0.717) is 26.2 Å². The van der Waals surface area contributed by atoms with Gasteiger partial charge in [-0.25, -0.2) is 0 Å². The average molecular weight is 278 g/mol. The monoisotopic (exact) mass is 278 g/mol. The van der Waals surface area contributed by atoms with Crippen molar-refractivity contribution >= 4 is 0 Å². The minimum atomic E-state index is -0.488. The summed E-state index contributed by atoms with van der Waals surface area (Å²) in [5.41, 5.74) is 0. The van der Waals surface area contributed by atoms with E-state index in [4.69, 9.17) is 10.2 Å². The summed E-state index contributed by atoms with van der Waals surface area (Å²) >= 11 is 0. The Morgan fingerprint density at radius 1 is 0.842 bits per heavy atom. The summed E-state index contributed by atoms with van der Waals surface area (Å²) in [5, 5.41) is 37.4. The molecular weight excluding hydrogens is 248 g/mol. The predicted octanol–water partition coefficient (Wildman–Crippen LogP) is -0.927. The lowest BCUT2D eigenvalue weighted by molar-refractivity contribution is -0.0220. The fraction of sp³-hybridized carbons (Fsp3) is 1.00. The van der Waals surface area contributed by atoms with Crippen LogP contribution in [0.4, 0.5) is 0 Å². The molecule has 0 spiro atoms. The van der Waals surface area contributed by atoms with Crippen molar-refractivity contribution in [3.63, 3.8) is 0 Å². The summed E-state index contributed by atoms with van der Waals surface area (Å²) in [6, 6.07) is 0. The molecule has 3 unspecified atom stereocenters. The van der Waals surface area contributed by atoms with E-state index in [-0.39, 0.29) is 19.4 Å². The molecular formula is C13H30N2O4. The van der Waals surface area contributed by atoms with Crippen LogP contribution in [0.25, 0.3) is 0 Å². The van der Waals surface area contributed by atoms with Gasteiger partial charge in [0.25, 0.3) is 0 Å². The van der Waals surface area contributed by atoms with Gasteiger partial charge in [-0.15, -0.1) is 0 Å². The molecule has 116 valence electrons. The van der Waals surface area contributed by atoms with Crippen molar-refractivity contribution in [1.82, 2.24) is 9.80 Å². The molecule has 6 heteroatoms. The lowest BCUT2D eigenvalue weighted by atomic mass is 10.2. The summed E-state index contributed by atoms with van der Waals surface area (Å²) in [4.78, 5) is 3.98. The van der Waals surface area contributed by atoms with Crippen molar-refractivity contribution in [1.29, 1.82) is 0 Å². The molecule has 0 bridgehead atoms. The average Bonchev–Trinajstić information content (AvgIpc) is 2.28. The van der Waals surface area contributed by atoms with Crippen molar-refractivity contribution in [3.8, 4) is 0 Å². The van der Waals surface area contributed by atoms with Crippen LogP contribution in [-0.2, 0) is 0 Å². The quantitative estimate of drug-likeness (QED) is 0.365. The number of hydrogen-bond donors (Lipinski definition) is 4. The minimum absolute atomic E-state index is 0.0106. The van der Waals surface area contributed by atoms with E-state index in [1.807, 2.05) is 16.7 Å². The third kappa shape index (κ3) is 7.81. The van der Waals surface area contributed by atoms with Crippen molar-refractivity contribution in [2.75, 3.05) is 39.4 Å². The molecule has 6 nitrogen and oxygen atoms in total. The van der Waals surface area contributed by atoms with Crippen LogP contribution < -0.4 is 0 Å². The Morgan fingerprint density at radius 3 is 1.53 bits per heavy atom. The maximum absolute atomic E-state index is 9.58. The molecule has 0 saturated heterocycles. The van der Waals surface area contributed by atoms with Gasteiger partial charge in [-0.1, -0.05) is 6.92 Å². The van der Waals surface area contributed by atoms with Gasteiger partial charge in [0.05, 0.1) is 31.6 Å². The fourth-order valence-electron chi connectivity index (χ4n) is 2.41. The fourth-order valence-corrected chi connectivity index (χ4v) is 2.41. The SMILES string of the molecule is CCC(N(CCO)CCO)N(CC(C)O)CC(C)O. The van der Waals surface area contributed by atoms with Crippen LogP contribution in [0.1, 0.15) is 27.2 Å². The van der Waals surface area contributed by atoms with Crippen LogP contribution in [0, 0.1) is 0 Å². The highest BCUT2D eigenvalue weighted by molar-refractivity contribution is 4.75. The Bertz CT molecular complexity index is 199. The van der Waals surface area contributed by atoms with E-state index in [1.54, 1.807) is 13.8 Å². The van der Waals surface area contributed by atoms with Crippen LogP contribution in [0.3, 0.4) is 0 Å². The van der Waals surface area contributed by atoms with Gasteiger partial charge in [0.2, 0.25) is 0 Å². The highest BCUT2D eigenvalue weighted by atomic mass is 16.3. The molecule has 0 heterocycles. The van der Waals surface area contributed by atoms with Crippen LogP contribution >= 0.6 is 0 Å². The van der Waals surface area contributed by atoms with Crippen molar-refractivity contribution in [2.24, 2.45) is 0 Å². The molecule has 0 aromatic carbocycles. The molecule has 0 aliphatic carbocycles. The van der Waals surface area contributed by atoms with E-state index >= 15 is 0 Å². The van der Waals surface area contributed by atoms with Gasteiger partial charge in [-0.2, -0.15) is 0 Å².